The Morgan fingerprint density at radius 2 is 0.890 bits per heavy atom. The van der Waals surface area contributed by atoms with Gasteiger partial charge in [0.15, 0.2) is 6.04 Å². The molecule has 9 nitrogen and oxygen atoms in total. The van der Waals surface area contributed by atoms with Gasteiger partial charge in [-0.25, -0.2) is 19.5 Å². The summed E-state index contributed by atoms with van der Waals surface area (Å²) in [6.45, 7) is 0. The molecule has 7 aromatic heterocycles. The molecule has 9 heteroatoms. The smallest absolute Gasteiger partial charge is 0.332 e. The van der Waals surface area contributed by atoms with Gasteiger partial charge in [0, 0.05) is 94.3 Å². The average molecular weight is 1160 g/mol. The zero-order valence-electron chi connectivity index (χ0n) is 48.7. The maximum absolute atomic E-state index is 7.19. The molecule has 0 bridgehead atoms. The van der Waals surface area contributed by atoms with Crippen molar-refractivity contribution in [1.82, 2.24) is 24.9 Å². The fourth-order valence-electron chi connectivity index (χ4n) is 13.9. The summed E-state index contributed by atoms with van der Waals surface area (Å²) in [6, 6.07) is 87.0. The molecule has 0 radical (unpaired) electrons. The number of benzene rings is 10. The van der Waals surface area contributed by atoms with E-state index in [0.29, 0.717) is 0 Å². The molecule has 0 spiro atoms. The first-order valence-electron chi connectivity index (χ1n) is 30.6. The highest BCUT2D eigenvalue weighted by atomic mass is 16.3. The summed E-state index contributed by atoms with van der Waals surface area (Å²) in [5.41, 5.74) is 22.4. The first kappa shape index (κ1) is 50.8. The van der Waals surface area contributed by atoms with E-state index in [1.54, 1.807) is 0 Å². The lowest BCUT2D eigenvalue weighted by molar-refractivity contribution is -0.447. The Bertz CT molecular complexity index is 6090. The van der Waals surface area contributed by atoms with Crippen molar-refractivity contribution in [3.8, 4) is 67.2 Å². The van der Waals surface area contributed by atoms with Crippen LogP contribution in [0.25, 0.3) is 166 Å². The summed E-state index contributed by atoms with van der Waals surface area (Å²) < 4.78 is 16.2. The van der Waals surface area contributed by atoms with Crippen LogP contribution in [0.4, 0.5) is 5.69 Å². The summed E-state index contributed by atoms with van der Waals surface area (Å²) in [5, 5.41) is 9.30. The second-order valence-corrected chi connectivity index (χ2v) is 23.4. The number of furan rings is 2. The molecule has 10 aromatic carbocycles. The monoisotopic (exact) mass is 1160 g/mol. The van der Waals surface area contributed by atoms with Crippen LogP contribution >= 0.6 is 0 Å². The molecule has 0 saturated heterocycles. The van der Waals surface area contributed by atoms with Crippen molar-refractivity contribution in [3.05, 3.63) is 291 Å². The van der Waals surface area contributed by atoms with Crippen LogP contribution in [0.5, 0.6) is 0 Å². The van der Waals surface area contributed by atoms with Gasteiger partial charge in [-0.3, -0.25) is 9.97 Å². The first-order chi connectivity index (χ1) is 45.1. The van der Waals surface area contributed by atoms with Gasteiger partial charge in [-0.2, -0.15) is 0 Å². The molecule has 8 heterocycles. The number of nitrogens with zero attached hydrogens (tertiary/aromatic N) is 7. The van der Waals surface area contributed by atoms with Crippen molar-refractivity contribution in [3.63, 3.8) is 0 Å². The van der Waals surface area contributed by atoms with E-state index in [4.69, 9.17) is 38.7 Å². The molecule has 0 saturated carbocycles. The van der Waals surface area contributed by atoms with Crippen LogP contribution in [0.15, 0.2) is 299 Å². The van der Waals surface area contributed by atoms with Crippen LogP contribution in [0.1, 0.15) is 5.56 Å². The molecule has 422 valence electrons. The second-order valence-electron chi connectivity index (χ2n) is 23.4. The number of rotatable bonds is 8. The lowest BCUT2D eigenvalue weighted by atomic mass is 9.91. The Morgan fingerprint density at radius 3 is 1.62 bits per heavy atom. The van der Waals surface area contributed by atoms with Gasteiger partial charge in [0.25, 0.3) is 0 Å². The minimum atomic E-state index is -0.134. The third kappa shape index (κ3) is 8.15. The number of amidine groups is 1. The van der Waals surface area contributed by atoms with Crippen molar-refractivity contribution in [2.24, 2.45) is 4.99 Å². The van der Waals surface area contributed by atoms with Crippen LogP contribution in [0.2, 0.25) is 0 Å². The van der Waals surface area contributed by atoms with Gasteiger partial charge < -0.3 is 8.83 Å². The van der Waals surface area contributed by atoms with E-state index in [-0.39, 0.29) is 6.04 Å². The van der Waals surface area contributed by atoms with E-state index in [1.807, 2.05) is 42.7 Å². The zero-order chi connectivity index (χ0) is 59.7. The van der Waals surface area contributed by atoms with E-state index in [2.05, 4.69) is 247 Å². The number of pyridine rings is 5. The SMILES string of the molecule is C1=CC2=NC(c3ccccc3-c3ccc(-c4cccc5cccnc45)c4c3oc3ccc(-c5ccc6ccc7cccnc7c6n5)cc34)=[N+](c3ccc(-c4cccc5oc6ccc(-c7ccc8ccc9ccc(-c%10ccccc%10)nc9c8n7)cc6c45)cc3)C2C=C1. The van der Waals surface area contributed by atoms with Crippen molar-refractivity contribution >= 4 is 116 Å². The molecule has 91 heavy (non-hydrogen) atoms. The molecule has 1 aliphatic carbocycles. The topological polar surface area (TPSA) is 106 Å². The van der Waals surface area contributed by atoms with E-state index in [1.165, 1.54) is 0 Å². The Morgan fingerprint density at radius 1 is 0.341 bits per heavy atom. The third-order valence-electron chi connectivity index (χ3n) is 18.3. The van der Waals surface area contributed by atoms with Crippen molar-refractivity contribution in [1.29, 1.82) is 0 Å². The van der Waals surface area contributed by atoms with Crippen LogP contribution in [-0.2, 0) is 0 Å². The molecule has 17 aromatic rings. The molecule has 0 fully saturated rings. The molecule has 0 N–H and O–H groups in total. The lowest BCUT2D eigenvalue weighted by Gasteiger charge is -2.15. The first-order valence-corrected chi connectivity index (χ1v) is 30.6. The number of allylic oxidation sites excluding steroid dienone is 2. The normalized spacial score (nSPS) is 14.0. The number of hydrogen-bond acceptors (Lipinski definition) is 8. The van der Waals surface area contributed by atoms with E-state index >= 15 is 0 Å². The largest absolute Gasteiger partial charge is 0.456 e. The molecule has 1 aliphatic heterocycles. The minimum absolute atomic E-state index is 0.134. The quantitative estimate of drug-likeness (QED) is 0.110. The van der Waals surface area contributed by atoms with Crippen molar-refractivity contribution < 1.29 is 13.4 Å². The summed E-state index contributed by atoms with van der Waals surface area (Å²) in [5.74, 6) is 0.844. The number of aliphatic imine (C=N–C) groups is 1. The third-order valence-corrected chi connectivity index (χ3v) is 18.3. The standard InChI is InChI=1S/C82H48N7O2/c1-2-12-49(13-3-1)66-39-30-53-26-27-54-32-41-68(87-80(54)79(53)85-66)55-33-42-71-64(46-55)74-58(19-9-23-73(74)90-71)48-28-35-57(36-29-48)89-70-22-7-6-21-69(70)88-82(89)63-18-5-4-17-59(63)62-38-37-60(61-20-8-14-50-15-10-44-83-76(50)61)75-65-47-56(34-43-72(65)91-81(62)75)67-40-31-52-25-24-51-16-11-45-84-77(51)78(52)86-67/h1-47,70H/q+1. The van der Waals surface area contributed by atoms with Gasteiger partial charge in [-0.05, 0) is 131 Å². The van der Waals surface area contributed by atoms with E-state index in [0.717, 1.165) is 188 Å². The predicted molar refractivity (Wildman–Crippen MR) is 370 cm³/mol. The number of para-hydroxylation sites is 1. The highest BCUT2D eigenvalue weighted by Gasteiger charge is 2.39. The summed E-state index contributed by atoms with van der Waals surface area (Å²) in [4.78, 5) is 31.0. The molecular weight excluding hydrogens is 1110 g/mol. The summed E-state index contributed by atoms with van der Waals surface area (Å²) in [6.07, 6.45) is 12.2. The number of hydrogen-bond donors (Lipinski definition) is 0. The van der Waals surface area contributed by atoms with Gasteiger partial charge in [-0.15, -0.1) is 0 Å². The highest BCUT2D eigenvalue weighted by molar-refractivity contribution is 6.22. The van der Waals surface area contributed by atoms with Crippen LogP contribution in [0.3, 0.4) is 0 Å². The lowest BCUT2D eigenvalue weighted by Crippen LogP contribution is -2.27. The highest BCUT2D eigenvalue weighted by Crippen LogP contribution is 2.46. The van der Waals surface area contributed by atoms with Gasteiger partial charge in [0.1, 0.15) is 28.0 Å². The maximum atomic E-state index is 7.19. The van der Waals surface area contributed by atoms with Gasteiger partial charge >= 0.3 is 5.84 Å². The van der Waals surface area contributed by atoms with E-state index in [9.17, 15) is 0 Å². The number of fused-ring (bicyclic) bond motifs is 14. The van der Waals surface area contributed by atoms with E-state index < -0.39 is 0 Å². The molecule has 2 aliphatic rings. The second kappa shape index (κ2) is 20.1. The fourth-order valence-corrected chi connectivity index (χ4v) is 13.9. The van der Waals surface area contributed by atoms with Gasteiger partial charge in [0.2, 0.25) is 5.71 Å². The molecule has 19 rings (SSSR count). The predicted octanol–water partition coefficient (Wildman–Crippen LogP) is 20.3. The Balaban J connectivity index is 0.731. The molecule has 0 amide bonds. The van der Waals surface area contributed by atoms with Crippen molar-refractivity contribution in [2.45, 2.75) is 6.04 Å². The Labute approximate surface area is 520 Å². The van der Waals surface area contributed by atoms with Gasteiger partial charge in [0.05, 0.1) is 50.2 Å². The maximum Gasteiger partial charge on any atom is 0.332 e. The molecule has 1 atom stereocenters. The van der Waals surface area contributed by atoms with Gasteiger partial charge in [-0.1, -0.05) is 164 Å². The van der Waals surface area contributed by atoms with Crippen LogP contribution in [0, 0.1) is 0 Å². The average Bonchev–Trinajstić information content (AvgIpc) is 1.73. The molecular formula is C82H48N7O2+. The van der Waals surface area contributed by atoms with Crippen LogP contribution < -0.4 is 0 Å². The van der Waals surface area contributed by atoms with Crippen LogP contribution in [-0.4, -0.2) is 47.1 Å². The Hall–Kier alpha value is -12.3. The minimum Gasteiger partial charge on any atom is -0.456 e. The summed E-state index contributed by atoms with van der Waals surface area (Å²) >= 11 is 0. The van der Waals surface area contributed by atoms with Crippen molar-refractivity contribution in [2.75, 3.05) is 0 Å². The fraction of sp³-hybridized carbons (Fsp3) is 0.0122. The zero-order valence-corrected chi connectivity index (χ0v) is 48.7. The number of aromatic nitrogens is 5. The summed E-state index contributed by atoms with van der Waals surface area (Å²) in [7, 11) is 0. The Kier molecular flexibility index (Phi) is 11.2. The molecule has 1 unspecified atom stereocenters.